The molecule has 0 atom stereocenters. The number of benzene rings is 1. The summed E-state index contributed by atoms with van der Waals surface area (Å²) in [7, 11) is 1.67. The van der Waals surface area contributed by atoms with Gasteiger partial charge in [0.25, 0.3) is 0 Å². The molecule has 5 nitrogen and oxygen atoms in total. The zero-order chi connectivity index (χ0) is 14.4. The van der Waals surface area contributed by atoms with E-state index in [4.69, 9.17) is 28.3 Å². The van der Waals surface area contributed by atoms with Gasteiger partial charge in [0.2, 0.25) is 5.91 Å². The van der Waals surface area contributed by atoms with Gasteiger partial charge in [0.15, 0.2) is 0 Å². The smallest absolute Gasteiger partial charge is 0.304 e. The molecule has 1 aromatic rings. The summed E-state index contributed by atoms with van der Waals surface area (Å²) >= 11 is 11.8. The van der Waals surface area contributed by atoms with Crippen molar-refractivity contribution < 1.29 is 14.7 Å². The van der Waals surface area contributed by atoms with Crippen LogP contribution >= 0.6 is 35.6 Å². The van der Waals surface area contributed by atoms with Gasteiger partial charge in [-0.05, 0) is 19.2 Å². The summed E-state index contributed by atoms with van der Waals surface area (Å²) in [5, 5.41) is 11.8. The molecule has 112 valence electrons. The quantitative estimate of drug-likeness (QED) is 0.835. The minimum absolute atomic E-state index is 0. The van der Waals surface area contributed by atoms with Crippen LogP contribution in [0.15, 0.2) is 18.2 Å². The van der Waals surface area contributed by atoms with Crippen LogP contribution in [0.2, 0.25) is 10.0 Å². The second kappa shape index (κ2) is 9.02. The number of rotatable bonds is 6. The van der Waals surface area contributed by atoms with E-state index < -0.39 is 5.97 Å². The fraction of sp³-hybridized carbons (Fsp3) is 0.333. The van der Waals surface area contributed by atoms with Crippen molar-refractivity contribution in [3.63, 3.8) is 0 Å². The number of carboxylic acids is 1. The number of carbonyl (C=O) groups is 2. The Labute approximate surface area is 133 Å². The van der Waals surface area contributed by atoms with Gasteiger partial charge in [-0.3, -0.25) is 14.5 Å². The zero-order valence-electron chi connectivity index (χ0n) is 10.7. The topological polar surface area (TPSA) is 69.6 Å². The van der Waals surface area contributed by atoms with E-state index in [0.29, 0.717) is 17.3 Å². The Hall–Kier alpha value is -1.01. The first-order valence-electron chi connectivity index (χ1n) is 5.54. The fourth-order valence-electron chi connectivity index (χ4n) is 1.40. The molecule has 0 aliphatic rings. The van der Waals surface area contributed by atoms with E-state index in [2.05, 4.69) is 5.32 Å². The minimum Gasteiger partial charge on any atom is -0.481 e. The molecule has 20 heavy (non-hydrogen) atoms. The maximum Gasteiger partial charge on any atom is 0.304 e. The highest BCUT2D eigenvalue weighted by molar-refractivity contribution is 6.43. The molecule has 1 amide bonds. The van der Waals surface area contributed by atoms with Gasteiger partial charge in [0.05, 0.1) is 28.7 Å². The van der Waals surface area contributed by atoms with Gasteiger partial charge in [-0.25, -0.2) is 0 Å². The molecule has 0 unspecified atom stereocenters. The molecule has 1 rings (SSSR count). The third kappa shape index (κ3) is 6.43. The molecule has 2 N–H and O–H groups in total. The third-order valence-electron chi connectivity index (χ3n) is 2.35. The lowest BCUT2D eigenvalue weighted by molar-refractivity contribution is -0.137. The van der Waals surface area contributed by atoms with Crippen molar-refractivity contribution in [3.05, 3.63) is 28.2 Å². The molecule has 0 bridgehead atoms. The Morgan fingerprint density at radius 2 is 2.00 bits per heavy atom. The minimum atomic E-state index is -0.898. The Morgan fingerprint density at radius 3 is 2.60 bits per heavy atom. The molecular weight excluding hydrogens is 327 g/mol. The number of likely N-dealkylation sites (N-methyl/N-ethyl adjacent to an activating group) is 1. The summed E-state index contributed by atoms with van der Waals surface area (Å²) in [5.41, 5.74) is 0.436. The lowest BCUT2D eigenvalue weighted by atomic mass is 10.3. The average Bonchev–Trinajstić information content (AvgIpc) is 2.32. The predicted octanol–water partition coefficient (Wildman–Crippen LogP) is 2.76. The number of amides is 1. The Balaban J connectivity index is 0.00000361. The normalized spacial score (nSPS) is 10.0. The Bertz CT molecular complexity index is 483. The van der Waals surface area contributed by atoms with Crippen molar-refractivity contribution in [2.45, 2.75) is 6.42 Å². The number of hydrogen-bond donors (Lipinski definition) is 2. The molecular formula is C12H15Cl3N2O3. The van der Waals surface area contributed by atoms with Gasteiger partial charge < -0.3 is 10.4 Å². The van der Waals surface area contributed by atoms with E-state index in [-0.39, 0.29) is 36.3 Å². The van der Waals surface area contributed by atoms with Crippen molar-refractivity contribution in [2.75, 3.05) is 25.5 Å². The molecule has 0 radical (unpaired) electrons. The van der Waals surface area contributed by atoms with Crippen LogP contribution in [0.25, 0.3) is 0 Å². The van der Waals surface area contributed by atoms with Gasteiger partial charge in [-0.1, -0.05) is 29.3 Å². The van der Waals surface area contributed by atoms with Crippen LogP contribution in [-0.4, -0.2) is 42.0 Å². The monoisotopic (exact) mass is 340 g/mol. The third-order valence-corrected chi connectivity index (χ3v) is 3.17. The van der Waals surface area contributed by atoms with Gasteiger partial charge in [0, 0.05) is 6.54 Å². The summed E-state index contributed by atoms with van der Waals surface area (Å²) in [6.07, 6.45) is -0.0122. The van der Waals surface area contributed by atoms with Crippen LogP contribution in [0.4, 0.5) is 5.69 Å². The van der Waals surface area contributed by atoms with E-state index in [1.54, 1.807) is 30.1 Å². The number of hydrogen-bond acceptors (Lipinski definition) is 3. The molecule has 0 saturated heterocycles. The SMILES string of the molecule is CN(CCC(=O)O)CC(=O)Nc1cccc(Cl)c1Cl.Cl. The average molecular weight is 342 g/mol. The molecule has 0 aliphatic carbocycles. The van der Waals surface area contributed by atoms with Crippen LogP contribution in [0.3, 0.4) is 0 Å². The van der Waals surface area contributed by atoms with Crippen LogP contribution < -0.4 is 5.32 Å². The van der Waals surface area contributed by atoms with E-state index >= 15 is 0 Å². The van der Waals surface area contributed by atoms with Crippen molar-refractivity contribution in [1.82, 2.24) is 4.90 Å². The fourth-order valence-corrected chi connectivity index (χ4v) is 1.75. The number of nitrogens with zero attached hydrogens (tertiary/aromatic N) is 1. The summed E-state index contributed by atoms with van der Waals surface area (Å²) < 4.78 is 0. The highest BCUT2D eigenvalue weighted by atomic mass is 35.5. The maximum atomic E-state index is 11.7. The lowest BCUT2D eigenvalue weighted by Gasteiger charge is -2.15. The summed E-state index contributed by atoms with van der Waals surface area (Å²) in [6.45, 7) is 0.377. The first-order valence-corrected chi connectivity index (χ1v) is 6.30. The number of nitrogens with one attached hydrogen (secondary N) is 1. The maximum absolute atomic E-state index is 11.7. The number of halogens is 3. The van der Waals surface area contributed by atoms with Crippen LogP contribution in [-0.2, 0) is 9.59 Å². The molecule has 1 aromatic carbocycles. The lowest BCUT2D eigenvalue weighted by Crippen LogP contribution is -2.31. The highest BCUT2D eigenvalue weighted by Gasteiger charge is 2.11. The molecule has 0 spiro atoms. The van der Waals surface area contributed by atoms with Gasteiger partial charge >= 0.3 is 5.97 Å². The second-order valence-corrected chi connectivity index (χ2v) is 4.82. The van der Waals surface area contributed by atoms with Crippen LogP contribution in [0, 0.1) is 0 Å². The number of carbonyl (C=O) groups excluding carboxylic acids is 1. The Kier molecular flexibility index (Phi) is 8.57. The predicted molar refractivity (Wildman–Crippen MR) is 82.1 cm³/mol. The molecule has 0 aliphatic heterocycles. The summed E-state index contributed by atoms with van der Waals surface area (Å²) in [5.74, 6) is -1.18. The standard InChI is InChI=1S/C12H14Cl2N2O3.ClH/c1-16(6-5-11(18)19)7-10(17)15-9-4-2-3-8(13)12(9)14;/h2-4H,5-7H2,1H3,(H,15,17)(H,18,19);1H. The van der Waals surface area contributed by atoms with E-state index in [1.165, 1.54) is 0 Å². The van der Waals surface area contributed by atoms with Crippen LogP contribution in [0.5, 0.6) is 0 Å². The Morgan fingerprint density at radius 1 is 1.35 bits per heavy atom. The van der Waals surface area contributed by atoms with Crippen molar-refractivity contribution in [2.24, 2.45) is 0 Å². The first-order chi connectivity index (χ1) is 8.90. The summed E-state index contributed by atoms with van der Waals surface area (Å²) in [4.78, 5) is 23.7. The second-order valence-electron chi connectivity index (χ2n) is 4.03. The molecule has 8 heteroatoms. The number of carboxylic acid groups (broad SMARTS) is 1. The van der Waals surface area contributed by atoms with E-state index in [1.807, 2.05) is 0 Å². The highest BCUT2D eigenvalue weighted by Crippen LogP contribution is 2.29. The molecule has 0 aromatic heterocycles. The van der Waals surface area contributed by atoms with Crippen LogP contribution in [0.1, 0.15) is 6.42 Å². The van der Waals surface area contributed by atoms with E-state index in [0.717, 1.165) is 0 Å². The summed E-state index contributed by atoms with van der Waals surface area (Å²) in [6, 6.07) is 4.94. The number of anilines is 1. The molecule has 0 saturated carbocycles. The largest absolute Gasteiger partial charge is 0.481 e. The van der Waals surface area contributed by atoms with E-state index in [9.17, 15) is 9.59 Å². The van der Waals surface area contributed by atoms with Gasteiger partial charge in [-0.2, -0.15) is 0 Å². The van der Waals surface area contributed by atoms with Crippen molar-refractivity contribution in [1.29, 1.82) is 0 Å². The van der Waals surface area contributed by atoms with Crippen molar-refractivity contribution in [3.8, 4) is 0 Å². The van der Waals surface area contributed by atoms with Crippen molar-refractivity contribution >= 4 is 53.2 Å². The first kappa shape index (κ1) is 19.0. The van der Waals surface area contributed by atoms with Gasteiger partial charge in [-0.15, -0.1) is 12.4 Å². The number of aliphatic carboxylic acids is 1. The zero-order valence-corrected chi connectivity index (χ0v) is 13.1. The molecule has 0 heterocycles. The molecule has 0 fully saturated rings. The van der Waals surface area contributed by atoms with Gasteiger partial charge in [0.1, 0.15) is 0 Å².